The summed E-state index contributed by atoms with van der Waals surface area (Å²) >= 11 is 0. The summed E-state index contributed by atoms with van der Waals surface area (Å²) in [6.07, 6.45) is 2.18. The molecule has 0 bridgehead atoms. The Bertz CT molecular complexity index is 337. The summed E-state index contributed by atoms with van der Waals surface area (Å²) in [5, 5.41) is 3.28. The molecule has 3 heteroatoms. The zero-order valence-electron chi connectivity index (χ0n) is 9.96. The number of hydrogen-bond donors (Lipinski definition) is 1. The minimum Gasteiger partial charge on any atom is -0.369 e. The van der Waals surface area contributed by atoms with Crippen LogP contribution >= 0.6 is 0 Å². The molecular formula is C13H19FN2. The zero-order valence-corrected chi connectivity index (χ0v) is 9.96. The number of nitrogens with one attached hydrogen (secondary N) is 1. The van der Waals surface area contributed by atoms with E-state index in [9.17, 15) is 4.39 Å². The largest absolute Gasteiger partial charge is 0.369 e. The third-order valence-corrected chi connectivity index (χ3v) is 3.41. The van der Waals surface area contributed by atoms with Crippen molar-refractivity contribution in [2.45, 2.75) is 25.8 Å². The van der Waals surface area contributed by atoms with E-state index < -0.39 is 0 Å². The Balaban J connectivity index is 2.14. The number of halogens is 1. The van der Waals surface area contributed by atoms with Gasteiger partial charge in [0.1, 0.15) is 5.82 Å². The van der Waals surface area contributed by atoms with E-state index in [1.54, 1.807) is 12.1 Å². The van der Waals surface area contributed by atoms with Crippen molar-refractivity contribution < 1.29 is 4.39 Å². The van der Waals surface area contributed by atoms with Crippen molar-refractivity contribution in [1.29, 1.82) is 0 Å². The van der Waals surface area contributed by atoms with Crippen molar-refractivity contribution in [2.75, 3.05) is 25.0 Å². The van der Waals surface area contributed by atoms with Crippen molar-refractivity contribution in [3.05, 3.63) is 29.6 Å². The number of anilines is 1. The van der Waals surface area contributed by atoms with E-state index in [0.717, 1.165) is 37.2 Å². The Hall–Kier alpha value is -1.09. The van der Waals surface area contributed by atoms with Gasteiger partial charge in [-0.3, -0.25) is 0 Å². The highest BCUT2D eigenvalue weighted by Crippen LogP contribution is 2.26. The Labute approximate surface area is 96.5 Å². The van der Waals surface area contributed by atoms with E-state index in [1.165, 1.54) is 0 Å². The standard InChI is InChI=1S/C13H19FN2/c1-10-4-3-5-12(14)13(10)16-8-6-11(15-2)7-9-16/h3-5,11,15H,6-9H2,1-2H3. The van der Waals surface area contributed by atoms with Crippen molar-refractivity contribution in [3.63, 3.8) is 0 Å². The van der Waals surface area contributed by atoms with Crippen LogP contribution in [-0.2, 0) is 0 Å². The first kappa shape index (κ1) is 11.4. The first-order valence-electron chi connectivity index (χ1n) is 5.89. The van der Waals surface area contributed by atoms with E-state index in [-0.39, 0.29) is 5.82 Å². The monoisotopic (exact) mass is 222 g/mol. The fraction of sp³-hybridized carbons (Fsp3) is 0.538. The second-order valence-corrected chi connectivity index (χ2v) is 4.46. The lowest BCUT2D eigenvalue weighted by molar-refractivity contribution is 0.438. The molecule has 1 heterocycles. The van der Waals surface area contributed by atoms with Gasteiger partial charge in [0.15, 0.2) is 0 Å². The van der Waals surface area contributed by atoms with E-state index in [2.05, 4.69) is 10.2 Å². The van der Waals surface area contributed by atoms with E-state index >= 15 is 0 Å². The number of rotatable bonds is 2. The summed E-state index contributed by atoms with van der Waals surface area (Å²) in [6.45, 7) is 3.85. The first-order valence-corrected chi connectivity index (χ1v) is 5.89. The average molecular weight is 222 g/mol. The van der Waals surface area contributed by atoms with E-state index in [1.807, 2.05) is 20.0 Å². The third kappa shape index (κ3) is 2.19. The number of aryl methyl sites for hydroxylation is 1. The summed E-state index contributed by atoms with van der Waals surface area (Å²) in [5.41, 5.74) is 1.82. The minimum absolute atomic E-state index is 0.0945. The third-order valence-electron chi connectivity index (χ3n) is 3.41. The van der Waals surface area contributed by atoms with Crippen LogP contribution in [0.4, 0.5) is 10.1 Å². The Morgan fingerprint density at radius 3 is 2.56 bits per heavy atom. The fourth-order valence-electron chi connectivity index (χ4n) is 2.42. The van der Waals surface area contributed by atoms with Crippen LogP contribution in [0.15, 0.2) is 18.2 Å². The first-order chi connectivity index (χ1) is 7.72. The summed E-state index contributed by atoms with van der Waals surface area (Å²) in [4.78, 5) is 2.17. The van der Waals surface area contributed by atoms with Gasteiger partial charge in [0.25, 0.3) is 0 Å². The molecule has 0 aromatic heterocycles. The van der Waals surface area contributed by atoms with Gasteiger partial charge in [-0.05, 0) is 38.4 Å². The number of benzene rings is 1. The van der Waals surface area contributed by atoms with Crippen LogP contribution in [0, 0.1) is 12.7 Å². The van der Waals surface area contributed by atoms with Crippen LogP contribution in [0.3, 0.4) is 0 Å². The van der Waals surface area contributed by atoms with Crippen LogP contribution < -0.4 is 10.2 Å². The molecular weight excluding hydrogens is 203 g/mol. The van der Waals surface area contributed by atoms with Crippen LogP contribution in [-0.4, -0.2) is 26.2 Å². The smallest absolute Gasteiger partial charge is 0.146 e. The van der Waals surface area contributed by atoms with Gasteiger partial charge in [-0.25, -0.2) is 4.39 Å². The molecule has 0 saturated carbocycles. The highest BCUT2D eigenvalue weighted by molar-refractivity contribution is 5.54. The van der Waals surface area contributed by atoms with Crippen molar-refractivity contribution in [3.8, 4) is 0 Å². The topological polar surface area (TPSA) is 15.3 Å². The number of nitrogens with zero attached hydrogens (tertiary/aromatic N) is 1. The molecule has 0 atom stereocenters. The maximum atomic E-state index is 13.8. The summed E-state index contributed by atoms with van der Waals surface area (Å²) < 4.78 is 13.8. The second kappa shape index (κ2) is 4.83. The highest BCUT2D eigenvalue weighted by Gasteiger charge is 2.21. The predicted octanol–water partition coefficient (Wildman–Crippen LogP) is 2.32. The molecule has 2 rings (SSSR count). The lowest BCUT2D eigenvalue weighted by atomic mass is 10.0. The Kier molecular flexibility index (Phi) is 3.44. The average Bonchev–Trinajstić information content (AvgIpc) is 2.30. The molecule has 0 spiro atoms. The SMILES string of the molecule is CNC1CCN(c2c(C)cccc2F)CC1. The molecule has 88 valence electrons. The molecule has 0 aliphatic carbocycles. The zero-order chi connectivity index (χ0) is 11.5. The minimum atomic E-state index is -0.0945. The fourth-order valence-corrected chi connectivity index (χ4v) is 2.42. The van der Waals surface area contributed by atoms with Crippen LogP contribution in [0.5, 0.6) is 0 Å². The molecule has 0 amide bonds. The summed E-state index contributed by atoms with van der Waals surface area (Å²) in [7, 11) is 1.99. The predicted molar refractivity (Wildman–Crippen MR) is 65.4 cm³/mol. The quantitative estimate of drug-likeness (QED) is 0.826. The lowest BCUT2D eigenvalue weighted by Gasteiger charge is -2.34. The van der Waals surface area contributed by atoms with Gasteiger partial charge in [0.05, 0.1) is 5.69 Å². The second-order valence-electron chi connectivity index (χ2n) is 4.46. The molecule has 1 aromatic carbocycles. The number of piperidine rings is 1. The molecule has 0 radical (unpaired) electrons. The van der Waals surface area contributed by atoms with E-state index in [0.29, 0.717) is 6.04 Å². The van der Waals surface area contributed by atoms with Crippen LogP contribution in [0.25, 0.3) is 0 Å². The molecule has 1 aliphatic rings. The molecule has 1 aromatic rings. The van der Waals surface area contributed by atoms with Gasteiger partial charge in [0, 0.05) is 19.1 Å². The van der Waals surface area contributed by atoms with Crippen LogP contribution in [0.2, 0.25) is 0 Å². The summed E-state index contributed by atoms with van der Waals surface area (Å²) in [6, 6.07) is 5.88. The van der Waals surface area contributed by atoms with E-state index in [4.69, 9.17) is 0 Å². The maximum absolute atomic E-state index is 13.8. The molecule has 1 aliphatic heterocycles. The van der Waals surface area contributed by atoms with Gasteiger partial charge in [-0.1, -0.05) is 12.1 Å². The lowest BCUT2D eigenvalue weighted by Crippen LogP contribution is -2.41. The molecule has 16 heavy (non-hydrogen) atoms. The molecule has 1 fully saturated rings. The molecule has 0 unspecified atom stereocenters. The highest BCUT2D eigenvalue weighted by atomic mass is 19.1. The number of hydrogen-bond acceptors (Lipinski definition) is 2. The van der Waals surface area contributed by atoms with Crippen LogP contribution in [0.1, 0.15) is 18.4 Å². The summed E-state index contributed by atoms with van der Waals surface area (Å²) in [5.74, 6) is -0.0945. The normalized spacial score (nSPS) is 17.8. The van der Waals surface area contributed by atoms with Gasteiger partial charge < -0.3 is 10.2 Å². The maximum Gasteiger partial charge on any atom is 0.146 e. The van der Waals surface area contributed by atoms with Gasteiger partial charge in [0.2, 0.25) is 0 Å². The molecule has 1 N–H and O–H groups in total. The Morgan fingerprint density at radius 1 is 1.31 bits per heavy atom. The van der Waals surface area contributed by atoms with Crippen molar-refractivity contribution in [2.24, 2.45) is 0 Å². The van der Waals surface area contributed by atoms with Crippen molar-refractivity contribution >= 4 is 5.69 Å². The van der Waals surface area contributed by atoms with Crippen molar-refractivity contribution in [1.82, 2.24) is 5.32 Å². The van der Waals surface area contributed by atoms with Gasteiger partial charge in [-0.2, -0.15) is 0 Å². The number of para-hydroxylation sites is 1. The van der Waals surface area contributed by atoms with Gasteiger partial charge in [-0.15, -0.1) is 0 Å². The Morgan fingerprint density at radius 2 is 2.00 bits per heavy atom. The molecule has 2 nitrogen and oxygen atoms in total. The van der Waals surface area contributed by atoms with Gasteiger partial charge >= 0.3 is 0 Å². The molecule has 1 saturated heterocycles.